The molecule has 1 amide bonds. The summed E-state index contributed by atoms with van der Waals surface area (Å²) in [5.74, 6) is 1.47. The van der Waals surface area contributed by atoms with Crippen LogP contribution in [0.25, 0.3) is 0 Å². The van der Waals surface area contributed by atoms with E-state index in [0.717, 1.165) is 19.4 Å². The fourth-order valence-corrected chi connectivity index (χ4v) is 4.03. The molecule has 24 heavy (non-hydrogen) atoms. The predicted octanol–water partition coefficient (Wildman–Crippen LogP) is 3.75. The Balaban J connectivity index is 1.94. The Morgan fingerprint density at radius 2 is 1.88 bits per heavy atom. The molecule has 128 valence electrons. The Kier molecular flexibility index (Phi) is 4.94. The summed E-state index contributed by atoms with van der Waals surface area (Å²) in [7, 11) is 4.65. The number of likely N-dealkylation sites (tertiary alicyclic amines) is 1. The molecular weight excluding hydrogens is 326 g/mol. The fourth-order valence-electron chi connectivity index (χ4n) is 3.16. The molecular formula is C18H21NO4S. The molecule has 0 bridgehead atoms. The van der Waals surface area contributed by atoms with E-state index in [1.54, 1.807) is 44.8 Å². The third-order valence-corrected chi connectivity index (χ3v) is 5.27. The van der Waals surface area contributed by atoms with Crippen molar-refractivity contribution in [2.45, 2.75) is 18.9 Å². The minimum Gasteiger partial charge on any atom is -0.493 e. The smallest absolute Gasteiger partial charge is 0.254 e. The molecule has 0 radical (unpaired) electrons. The third-order valence-electron chi connectivity index (χ3n) is 4.30. The first-order valence-corrected chi connectivity index (χ1v) is 8.72. The summed E-state index contributed by atoms with van der Waals surface area (Å²) < 4.78 is 16.0. The highest BCUT2D eigenvalue weighted by atomic mass is 32.1. The molecule has 6 heteroatoms. The molecule has 1 aromatic heterocycles. The van der Waals surface area contributed by atoms with Crippen molar-refractivity contribution in [3.63, 3.8) is 0 Å². The van der Waals surface area contributed by atoms with Crippen LogP contribution in [-0.2, 0) is 0 Å². The molecule has 1 aliphatic rings. The lowest BCUT2D eigenvalue weighted by molar-refractivity contribution is 0.0737. The largest absolute Gasteiger partial charge is 0.493 e. The number of amides is 1. The highest BCUT2D eigenvalue weighted by Crippen LogP contribution is 2.40. The van der Waals surface area contributed by atoms with Gasteiger partial charge in [0.25, 0.3) is 5.91 Å². The minimum atomic E-state index is -0.00912. The van der Waals surface area contributed by atoms with Gasteiger partial charge in [-0.3, -0.25) is 4.79 Å². The molecule has 2 aromatic rings. The number of thiophene rings is 1. The highest BCUT2D eigenvalue weighted by Gasteiger charge is 2.32. The van der Waals surface area contributed by atoms with E-state index in [2.05, 4.69) is 11.4 Å². The Morgan fingerprint density at radius 3 is 2.42 bits per heavy atom. The van der Waals surface area contributed by atoms with E-state index >= 15 is 0 Å². The zero-order valence-corrected chi connectivity index (χ0v) is 14.9. The molecule has 0 aliphatic carbocycles. The maximum absolute atomic E-state index is 13.1. The Hall–Kier alpha value is -2.21. The van der Waals surface area contributed by atoms with E-state index in [-0.39, 0.29) is 11.9 Å². The Labute approximate surface area is 145 Å². The monoisotopic (exact) mass is 347 g/mol. The van der Waals surface area contributed by atoms with Crippen LogP contribution in [0.5, 0.6) is 17.2 Å². The third kappa shape index (κ3) is 2.94. The van der Waals surface area contributed by atoms with Gasteiger partial charge in [-0.05, 0) is 36.4 Å². The van der Waals surface area contributed by atoms with Gasteiger partial charge < -0.3 is 19.1 Å². The van der Waals surface area contributed by atoms with Crippen LogP contribution >= 0.6 is 11.3 Å². The lowest BCUT2D eigenvalue weighted by Crippen LogP contribution is -2.30. The summed E-state index contributed by atoms with van der Waals surface area (Å²) in [5, 5.41) is 2.05. The van der Waals surface area contributed by atoms with Crippen LogP contribution in [0.4, 0.5) is 0 Å². The van der Waals surface area contributed by atoms with E-state index in [9.17, 15) is 4.79 Å². The number of carbonyl (C=O) groups excluding carboxylic acids is 1. The second-order valence-corrected chi connectivity index (χ2v) is 6.57. The number of hydrogen-bond donors (Lipinski definition) is 0. The number of ether oxygens (including phenoxy) is 3. The predicted molar refractivity (Wildman–Crippen MR) is 93.4 cm³/mol. The number of hydrogen-bond acceptors (Lipinski definition) is 5. The van der Waals surface area contributed by atoms with Gasteiger partial charge in [0.2, 0.25) is 5.75 Å². The number of rotatable bonds is 5. The van der Waals surface area contributed by atoms with Gasteiger partial charge in [0.05, 0.1) is 27.4 Å². The van der Waals surface area contributed by atoms with Crippen molar-refractivity contribution in [3.8, 4) is 17.2 Å². The molecule has 1 fully saturated rings. The lowest BCUT2D eigenvalue weighted by atomic mass is 10.1. The molecule has 0 saturated carbocycles. The van der Waals surface area contributed by atoms with E-state index in [4.69, 9.17) is 14.2 Å². The van der Waals surface area contributed by atoms with Crippen LogP contribution in [0.15, 0.2) is 29.6 Å². The minimum absolute atomic E-state index is 0.00912. The first-order chi connectivity index (χ1) is 11.7. The van der Waals surface area contributed by atoms with Crippen LogP contribution in [0.3, 0.4) is 0 Å². The van der Waals surface area contributed by atoms with Crippen LogP contribution < -0.4 is 14.2 Å². The van der Waals surface area contributed by atoms with E-state index in [1.165, 1.54) is 4.88 Å². The van der Waals surface area contributed by atoms with E-state index in [0.29, 0.717) is 22.8 Å². The van der Waals surface area contributed by atoms with Crippen molar-refractivity contribution in [3.05, 3.63) is 40.1 Å². The summed E-state index contributed by atoms with van der Waals surface area (Å²) in [6.45, 7) is 0.762. The lowest BCUT2D eigenvalue weighted by Gasteiger charge is -2.24. The molecule has 5 nitrogen and oxygen atoms in total. The zero-order valence-electron chi connectivity index (χ0n) is 14.1. The van der Waals surface area contributed by atoms with Gasteiger partial charge in [-0.15, -0.1) is 11.3 Å². The quantitative estimate of drug-likeness (QED) is 0.826. The molecule has 1 aromatic carbocycles. The average Bonchev–Trinajstić information content (AvgIpc) is 3.30. The molecule has 1 aliphatic heterocycles. The average molecular weight is 347 g/mol. The van der Waals surface area contributed by atoms with Crippen LogP contribution in [0, 0.1) is 0 Å². The van der Waals surface area contributed by atoms with Crippen LogP contribution in [0.1, 0.15) is 34.1 Å². The molecule has 0 N–H and O–H groups in total. The molecule has 1 saturated heterocycles. The molecule has 1 atom stereocenters. The number of benzene rings is 1. The summed E-state index contributed by atoms with van der Waals surface area (Å²) in [6, 6.07) is 7.70. The van der Waals surface area contributed by atoms with Gasteiger partial charge in [-0.25, -0.2) is 0 Å². The Bertz CT molecular complexity index is 689. The summed E-state index contributed by atoms with van der Waals surface area (Å²) >= 11 is 1.69. The number of methoxy groups -OCH3 is 3. The molecule has 2 heterocycles. The van der Waals surface area contributed by atoms with Crippen molar-refractivity contribution in [1.29, 1.82) is 0 Å². The fraction of sp³-hybridized carbons (Fsp3) is 0.389. The molecule has 0 unspecified atom stereocenters. The van der Waals surface area contributed by atoms with Gasteiger partial charge in [-0.1, -0.05) is 6.07 Å². The van der Waals surface area contributed by atoms with Crippen molar-refractivity contribution in [2.24, 2.45) is 0 Å². The van der Waals surface area contributed by atoms with E-state index < -0.39 is 0 Å². The first kappa shape index (κ1) is 16.6. The second kappa shape index (κ2) is 7.13. The van der Waals surface area contributed by atoms with Gasteiger partial charge in [0.1, 0.15) is 0 Å². The normalized spacial score (nSPS) is 17.0. The summed E-state index contributed by atoms with van der Waals surface area (Å²) in [4.78, 5) is 16.2. The number of carbonyl (C=O) groups is 1. The first-order valence-electron chi connectivity index (χ1n) is 7.84. The highest BCUT2D eigenvalue weighted by molar-refractivity contribution is 7.10. The van der Waals surface area contributed by atoms with Gasteiger partial charge in [0.15, 0.2) is 11.5 Å². The maximum Gasteiger partial charge on any atom is 0.254 e. The van der Waals surface area contributed by atoms with Crippen LogP contribution in [-0.4, -0.2) is 38.7 Å². The van der Waals surface area contributed by atoms with Gasteiger partial charge in [0, 0.05) is 17.0 Å². The van der Waals surface area contributed by atoms with Crippen molar-refractivity contribution in [2.75, 3.05) is 27.9 Å². The van der Waals surface area contributed by atoms with Gasteiger partial charge >= 0.3 is 0 Å². The zero-order chi connectivity index (χ0) is 17.1. The Morgan fingerprint density at radius 1 is 1.17 bits per heavy atom. The van der Waals surface area contributed by atoms with Crippen molar-refractivity contribution >= 4 is 17.2 Å². The van der Waals surface area contributed by atoms with E-state index in [1.807, 2.05) is 11.0 Å². The number of nitrogens with zero attached hydrogens (tertiary/aromatic N) is 1. The van der Waals surface area contributed by atoms with Crippen LogP contribution in [0.2, 0.25) is 0 Å². The standard InChI is InChI=1S/C18H21NO4S/c1-21-14-10-12(11-15(22-2)17(14)23-3)18(20)19-8-4-6-13(19)16-7-5-9-24-16/h5,7,9-11,13H,4,6,8H2,1-3H3/t13-/m1/s1. The summed E-state index contributed by atoms with van der Waals surface area (Å²) in [6.07, 6.45) is 2.01. The SMILES string of the molecule is COc1cc(C(=O)N2CCC[C@@H]2c2cccs2)cc(OC)c1OC. The molecule has 0 spiro atoms. The van der Waals surface area contributed by atoms with Gasteiger partial charge in [-0.2, -0.15) is 0 Å². The summed E-state index contributed by atoms with van der Waals surface area (Å²) in [5.41, 5.74) is 0.549. The topological polar surface area (TPSA) is 48.0 Å². The van der Waals surface area contributed by atoms with Crippen molar-refractivity contribution in [1.82, 2.24) is 4.90 Å². The van der Waals surface area contributed by atoms with Crippen molar-refractivity contribution < 1.29 is 19.0 Å². The maximum atomic E-state index is 13.1. The molecule has 3 rings (SSSR count). The second-order valence-electron chi connectivity index (χ2n) is 5.59.